The second-order valence-electron chi connectivity index (χ2n) is 2.93. The van der Waals surface area contributed by atoms with Gasteiger partial charge in [0, 0.05) is 12.1 Å². The molecule has 0 saturated carbocycles. The van der Waals surface area contributed by atoms with Gasteiger partial charge in [-0.3, -0.25) is 4.99 Å². The van der Waals surface area contributed by atoms with Crippen molar-refractivity contribution in [2.75, 3.05) is 6.54 Å². The zero-order valence-electron chi connectivity index (χ0n) is 8.34. The van der Waals surface area contributed by atoms with Crippen LogP contribution in [0.25, 0.3) is 0 Å². The molecule has 0 atom stereocenters. The van der Waals surface area contributed by atoms with E-state index in [1.165, 1.54) is 6.07 Å². The van der Waals surface area contributed by atoms with Crippen molar-refractivity contribution in [3.05, 3.63) is 35.1 Å². The maximum Gasteiger partial charge on any atom is 0.142 e. The molecule has 0 radical (unpaired) electrons. The number of nitrogens with zero attached hydrogens (tertiary/aromatic N) is 1. The van der Waals surface area contributed by atoms with Crippen LogP contribution in [0.3, 0.4) is 0 Å². The van der Waals surface area contributed by atoms with Gasteiger partial charge in [0.15, 0.2) is 0 Å². The predicted octanol–water partition coefficient (Wildman–Crippen LogP) is 1.36. The smallest absolute Gasteiger partial charge is 0.142 e. The van der Waals surface area contributed by atoms with Crippen molar-refractivity contribution in [2.45, 2.75) is 13.8 Å². The summed E-state index contributed by atoms with van der Waals surface area (Å²) in [6, 6.07) is 4.77. The van der Waals surface area contributed by atoms with Gasteiger partial charge in [-0.05, 0) is 37.6 Å². The second kappa shape index (κ2) is 4.72. The van der Waals surface area contributed by atoms with Gasteiger partial charge in [-0.1, -0.05) is 0 Å². The Bertz CT molecular complexity index is 347. The SMILES string of the molecule is CCN=C(NN)c1ccc(F)c(C)c1. The minimum absolute atomic E-state index is 0.221. The highest BCUT2D eigenvalue weighted by atomic mass is 19.1. The Morgan fingerprint density at radius 2 is 2.29 bits per heavy atom. The molecule has 0 bridgehead atoms. The van der Waals surface area contributed by atoms with Crippen LogP contribution in [-0.4, -0.2) is 12.4 Å². The summed E-state index contributed by atoms with van der Waals surface area (Å²) in [7, 11) is 0. The van der Waals surface area contributed by atoms with E-state index in [1.54, 1.807) is 19.1 Å². The zero-order valence-corrected chi connectivity index (χ0v) is 8.34. The number of amidine groups is 1. The van der Waals surface area contributed by atoms with Gasteiger partial charge in [0.25, 0.3) is 0 Å². The number of benzene rings is 1. The maximum atomic E-state index is 13.0. The third kappa shape index (κ3) is 2.29. The second-order valence-corrected chi connectivity index (χ2v) is 2.93. The standard InChI is InChI=1S/C10H14FN3/c1-3-13-10(14-12)8-4-5-9(11)7(2)6-8/h4-6H,3,12H2,1-2H3,(H,13,14). The lowest BCUT2D eigenvalue weighted by molar-refractivity contribution is 0.618. The van der Waals surface area contributed by atoms with Gasteiger partial charge in [-0.15, -0.1) is 0 Å². The molecule has 3 nitrogen and oxygen atoms in total. The summed E-state index contributed by atoms with van der Waals surface area (Å²) >= 11 is 0. The summed E-state index contributed by atoms with van der Waals surface area (Å²) in [4.78, 5) is 4.14. The lowest BCUT2D eigenvalue weighted by atomic mass is 10.1. The first-order valence-corrected chi connectivity index (χ1v) is 4.46. The van der Waals surface area contributed by atoms with Crippen LogP contribution >= 0.6 is 0 Å². The van der Waals surface area contributed by atoms with Crippen LogP contribution in [0.2, 0.25) is 0 Å². The van der Waals surface area contributed by atoms with Crippen LogP contribution in [0.1, 0.15) is 18.1 Å². The number of hydrogen-bond donors (Lipinski definition) is 2. The van der Waals surface area contributed by atoms with E-state index in [1.807, 2.05) is 6.92 Å². The normalized spacial score (nSPS) is 11.6. The number of hydrogen-bond acceptors (Lipinski definition) is 2. The molecule has 0 amide bonds. The Kier molecular flexibility index (Phi) is 3.59. The molecule has 14 heavy (non-hydrogen) atoms. The molecule has 0 aliphatic rings. The predicted molar refractivity (Wildman–Crippen MR) is 55.5 cm³/mol. The lowest BCUT2D eigenvalue weighted by Gasteiger charge is -2.06. The molecule has 1 aromatic rings. The van der Waals surface area contributed by atoms with Crippen molar-refractivity contribution < 1.29 is 4.39 Å². The summed E-state index contributed by atoms with van der Waals surface area (Å²) in [6.07, 6.45) is 0. The first-order chi connectivity index (χ1) is 6.69. The number of hydrazine groups is 1. The van der Waals surface area contributed by atoms with Crippen molar-refractivity contribution >= 4 is 5.84 Å². The average Bonchev–Trinajstić information content (AvgIpc) is 2.19. The van der Waals surface area contributed by atoms with E-state index in [2.05, 4.69) is 10.4 Å². The number of nitrogens with two attached hydrogens (primary N) is 1. The molecule has 3 N–H and O–H groups in total. The van der Waals surface area contributed by atoms with Gasteiger partial charge in [-0.25, -0.2) is 10.2 Å². The van der Waals surface area contributed by atoms with Crippen LogP contribution in [0, 0.1) is 12.7 Å². The summed E-state index contributed by atoms with van der Waals surface area (Å²) in [6.45, 7) is 4.25. The van der Waals surface area contributed by atoms with E-state index in [4.69, 9.17) is 5.84 Å². The van der Waals surface area contributed by atoms with E-state index >= 15 is 0 Å². The van der Waals surface area contributed by atoms with Gasteiger partial charge in [0.05, 0.1) is 0 Å². The van der Waals surface area contributed by atoms with E-state index in [0.717, 1.165) is 5.56 Å². The quantitative estimate of drug-likeness (QED) is 0.324. The fourth-order valence-corrected chi connectivity index (χ4v) is 1.17. The van der Waals surface area contributed by atoms with Crippen LogP contribution in [-0.2, 0) is 0 Å². The molecule has 0 saturated heterocycles. The topological polar surface area (TPSA) is 50.4 Å². The zero-order chi connectivity index (χ0) is 10.6. The lowest BCUT2D eigenvalue weighted by Crippen LogP contribution is -2.31. The van der Waals surface area contributed by atoms with Crippen molar-refractivity contribution in [3.63, 3.8) is 0 Å². The van der Waals surface area contributed by atoms with E-state index in [9.17, 15) is 4.39 Å². The van der Waals surface area contributed by atoms with E-state index < -0.39 is 0 Å². The minimum atomic E-state index is -0.221. The van der Waals surface area contributed by atoms with Gasteiger partial charge >= 0.3 is 0 Å². The van der Waals surface area contributed by atoms with E-state index in [0.29, 0.717) is 17.9 Å². The molecule has 0 fully saturated rings. The molecule has 1 aromatic carbocycles. The molecule has 4 heteroatoms. The Labute approximate surface area is 82.8 Å². The molecule has 0 unspecified atom stereocenters. The highest BCUT2D eigenvalue weighted by molar-refractivity contribution is 5.98. The van der Waals surface area contributed by atoms with Crippen LogP contribution in [0.5, 0.6) is 0 Å². The summed E-state index contributed by atoms with van der Waals surface area (Å²) in [5.41, 5.74) is 3.88. The van der Waals surface area contributed by atoms with Crippen molar-refractivity contribution in [3.8, 4) is 0 Å². The van der Waals surface area contributed by atoms with Crippen molar-refractivity contribution in [2.24, 2.45) is 10.8 Å². The fourth-order valence-electron chi connectivity index (χ4n) is 1.17. The Hall–Kier alpha value is -1.42. The van der Waals surface area contributed by atoms with Gasteiger partial charge in [0.1, 0.15) is 11.7 Å². The van der Waals surface area contributed by atoms with Gasteiger partial charge in [-0.2, -0.15) is 0 Å². The molecule has 0 aliphatic heterocycles. The summed E-state index contributed by atoms with van der Waals surface area (Å²) in [5, 5.41) is 0. The van der Waals surface area contributed by atoms with Crippen LogP contribution in [0.4, 0.5) is 4.39 Å². The van der Waals surface area contributed by atoms with Crippen molar-refractivity contribution in [1.82, 2.24) is 5.43 Å². The molecule has 0 aliphatic carbocycles. The van der Waals surface area contributed by atoms with E-state index in [-0.39, 0.29) is 5.82 Å². The molecular weight excluding hydrogens is 181 g/mol. The fraction of sp³-hybridized carbons (Fsp3) is 0.300. The molecule has 76 valence electrons. The summed E-state index contributed by atoms with van der Waals surface area (Å²) in [5.74, 6) is 5.66. The number of rotatable bonds is 2. The number of halogens is 1. The molecule has 0 heterocycles. The maximum absolute atomic E-state index is 13.0. The Morgan fingerprint density at radius 1 is 1.57 bits per heavy atom. The average molecular weight is 195 g/mol. The highest BCUT2D eigenvalue weighted by Crippen LogP contribution is 2.09. The first-order valence-electron chi connectivity index (χ1n) is 4.46. The van der Waals surface area contributed by atoms with Gasteiger partial charge < -0.3 is 5.43 Å². The third-order valence-corrected chi connectivity index (χ3v) is 1.88. The first kappa shape index (κ1) is 10.7. The van der Waals surface area contributed by atoms with Crippen LogP contribution < -0.4 is 11.3 Å². The van der Waals surface area contributed by atoms with Gasteiger partial charge in [0.2, 0.25) is 0 Å². The monoisotopic (exact) mass is 195 g/mol. The number of aryl methyl sites for hydroxylation is 1. The molecular formula is C10H14FN3. The Balaban J connectivity index is 3.06. The third-order valence-electron chi connectivity index (χ3n) is 1.88. The van der Waals surface area contributed by atoms with Crippen molar-refractivity contribution in [1.29, 1.82) is 0 Å². The largest absolute Gasteiger partial charge is 0.308 e. The molecule has 0 spiro atoms. The van der Waals surface area contributed by atoms with Crippen LogP contribution in [0.15, 0.2) is 23.2 Å². The molecule has 1 rings (SSSR count). The Morgan fingerprint density at radius 3 is 2.79 bits per heavy atom. The summed E-state index contributed by atoms with van der Waals surface area (Å²) < 4.78 is 13.0. The number of aliphatic imine (C=N–C) groups is 1. The minimum Gasteiger partial charge on any atom is -0.308 e. The molecule has 0 aromatic heterocycles. The number of nitrogens with one attached hydrogen (secondary N) is 1. The highest BCUT2D eigenvalue weighted by Gasteiger charge is 2.03.